The number of halogens is 1. The van der Waals surface area contributed by atoms with Crippen LogP contribution < -0.4 is 10.6 Å². The molecule has 0 fully saturated rings. The standard InChI is InChI=1S/C20H19ClN2O5/c1-13(24)14-5-7-16(8-6-14)22-18(25)9-10-20(27)28-12-19(26)23-17-4-2-3-15(21)11-17/h2-8,11H,9-10,12H2,1H3,(H,22,25)(H,23,26). The molecule has 0 aliphatic heterocycles. The number of rotatable bonds is 8. The molecule has 0 saturated heterocycles. The average Bonchev–Trinajstić information content (AvgIpc) is 2.65. The monoisotopic (exact) mass is 402 g/mol. The van der Waals surface area contributed by atoms with Gasteiger partial charge in [-0.15, -0.1) is 0 Å². The van der Waals surface area contributed by atoms with Crippen LogP contribution in [0.1, 0.15) is 30.1 Å². The van der Waals surface area contributed by atoms with Gasteiger partial charge in [0, 0.05) is 28.4 Å². The first kappa shape index (κ1) is 21.1. The Kier molecular flexibility index (Phi) is 7.71. The molecule has 146 valence electrons. The number of amides is 2. The molecule has 0 unspecified atom stereocenters. The van der Waals surface area contributed by atoms with Crippen molar-refractivity contribution in [3.8, 4) is 0 Å². The van der Waals surface area contributed by atoms with E-state index in [4.69, 9.17) is 16.3 Å². The van der Waals surface area contributed by atoms with Gasteiger partial charge in [-0.05, 0) is 49.4 Å². The first-order valence-corrected chi connectivity index (χ1v) is 8.83. The lowest BCUT2D eigenvalue weighted by atomic mass is 10.1. The molecule has 7 nitrogen and oxygen atoms in total. The van der Waals surface area contributed by atoms with E-state index >= 15 is 0 Å². The van der Waals surface area contributed by atoms with Crippen molar-refractivity contribution in [2.45, 2.75) is 19.8 Å². The largest absolute Gasteiger partial charge is 0.456 e. The van der Waals surface area contributed by atoms with Gasteiger partial charge in [-0.2, -0.15) is 0 Å². The number of benzene rings is 2. The third-order valence-corrected chi connectivity index (χ3v) is 3.84. The minimum atomic E-state index is -0.664. The number of ether oxygens (including phenoxy) is 1. The zero-order chi connectivity index (χ0) is 20.5. The molecule has 8 heteroatoms. The molecular formula is C20H19ClN2O5. The van der Waals surface area contributed by atoms with Crippen molar-refractivity contribution in [1.29, 1.82) is 0 Å². The summed E-state index contributed by atoms with van der Waals surface area (Å²) in [6.45, 7) is 0.994. The van der Waals surface area contributed by atoms with E-state index in [-0.39, 0.29) is 24.5 Å². The number of hydrogen-bond donors (Lipinski definition) is 2. The highest BCUT2D eigenvalue weighted by Gasteiger charge is 2.11. The van der Waals surface area contributed by atoms with Crippen molar-refractivity contribution in [2.24, 2.45) is 0 Å². The predicted molar refractivity (Wildman–Crippen MR) is 105 cm³/mol. The molecule has 0 aliphatic rings. The van der Waals surface area contributed by atoms with Crippen molar-refractivity contribution in [1.82, 2.24) is 0 Å². The van der Waals surface area contributed by atoms with E-state index in [1.165, 1.54) is 6.92 Å². The van der Waals surface area contributed by atoms with E-state index < -0.39 is 18.5 Å². The number of hydrogen-bond acceptors (Lipinski definition) is 5. The average molecular weight is 403 g/mol. The molecule has 0 saturated carbocycles. The predicted octanol–water partition coefficient (Wildman–Crippen LogP) is 3.44. The van der Waals surface area contributed by atoms with Crippen LogP contribution in [0, 0.1) is 0 Å². The van der Waals surface area contributed by atoms with E-state index in [1.54, 1.807) is 48.5 Å². The molecule has 2 aromatic rings. The fraction of sp³-hybridized carbons (Fsp3) is 0.200. The van der Waals surface area contributed by atoms with Gasteiger partial charge in [-0.25, -0.2) is 0 Å². The third-order valence-electron chi connectivity index (χ3n) is 3.60. The van der Waals surface area contributed by atoms with Crippen LogP contribution in [-0.2, 0) is 19.1 Å². The first-order chi connectivity index (χ1) is 13.3. The molecule has 2 N–H and O–H groups in total. The number of nitrogens with one attached hydrogen (secondary N) is 2. The minimum Gasteiger partial charge on any atom is -0.456 e. The third kappa shape index (κ3) is 7.20. The zero-order valence-electron chi connectivity index (χ0n) is 15.2. The molecule has 0 aliphatic carbocycles. The van der Waals surface area contributed by atoms with E-state index in [1.807, 2.05) is 0 Å². The first-order valence-electron chi connectivity index (χ1n) is 8.45. The summed E-state index contributed by atoms with van der Waals surface area (Å²) in [5.41, 5.74) is 1.55. The number of carbonyl (C=O) groups excluding carboxylic acids is 4. The molecule has 2 rings (SSSR count). The number of ketones is 1. The molecule has 2 amide bonds. The Balaban J connectivity index is 1.69. The normalized spacial score (nSPS) is 10.1. The smallest absolute Gasteiger partial charge is 0.306 e. The van der Waals surface area contributed by atoms with Crippen LogP contribution in [-0.4, -0.2) is 30.2 Å². The summed E-state index contributed by atoms with van der Waals surface area (Å²) in [7, 11) is 0. The Bertz CT molecular complexity index is 880. The van der Waals surface area contributed by atoms with E-state index in [0.29, 0.717) is 22.0 Å². The van der Waals surface area contributed by atoms with Gasteiger partial charge in [-0.3, -0.25) is 19.2 Å². The van der Waals surface area contributed by atoms with E-state index in [9.17, 15) is 19.2 Å². The maximum Gasteiger partial charge on any atom is 0.306 e. The lowest BCUT2D eigenvalue weighted by Gasteiger charge is -2.08. The number of esters is 1. The maximum absolute atomic E-state index is 11.9. The molecule has 0 bridgehead atoms. The van der Waals surface area contributed by atoms with Crippen LogP contribution >= 0.6 is 11.6 Å². The van der Waals surface area contributed by atoms with Crippen LogP contribution in [0.2, 0.25) is 5.02 Å². The van der Waals surface area contributed by atoms with Crippen LogP contribution in [0.25, 0.3) is 0 Å². The highest BCUT2D eigenvalue weighted by atomic mass is 35.5. The van der Waals surface area contributed by atoms with E-state index in [2.05, 4.69) is 10.6 Å². The number of Topliss-reactive ketones (excluding diaryl/α,β-unsaturated/α-hetero) is 1. The summed E-state index contributed by atoms with van der Waals surface area (Å²) in [5.74, 6) is -1.62. The summed E-state index contributed by atoms with van der Waals surface area (Å²) >= 11 is 5.82. The molecule has 0 atom stereocenters. The van der Waals surface area contributed by atoms with Gasteiger partial charge in [0.05, 0.1) is 6.42 Å². The molecule has 0 aromatic heterocycles. The van der Waals surface area contributed by atoms with Crippen LogP contribution in [0.5, 0.6) is 0 Å². The summed E-state index contributed by atoms with van der Waals surface area (Å²) in [5, 5.41) is 5.63. The number of anilines is 2. The van der Waals surface area contributed by atoms with Gasteiger partial charge in [0.15, 0.2) is 12.4 Å². The van der Waals surface area contributed by atoms with Crippen LogP contribution in [0.15, 0.2) is 48.5 Å². The van der Waals surface area contributed by atoms with Crippen LogP contribution in [0.3, 0.4) is 0 Å². The summed E-state index contributed by atoms with van der Waals surface area (Å²) in [6.07, 6.45) is -0.259. The Labute approximate surface area is 167 Å². The number of carbonyl (C=O) groups is 4. The van der Waals surface area contributed by atoms with Crippen LogP contribution in [0.4, 0.5) is 11.4 Å². The fourth-order valence-electron chi connectivity index (χ4n) is 2.21. The van der Waals surface area contributed by atoms with Gasteiger partial charge in [-0.1, -0.05) is 17.7 Å². The second kappa shape index (κ2) is 10.2. The molecular weight excluding hydrogens is 384 g/mol. The SMILES string of the molecule is CC(=O)c1ccc(NC(=O)CCC(=O)OCC(=O)Nc2cccc(Cl)c2)cc1. The molecule has 0 heterocycles. The lowest BCUT2D eigenvalue weighted by molar-refractivity contribution is -0.147. The Morgan fingerprint density at radius 1 is 0.893 bits per heavy atom. The maximum atomic E-state index is 11.9. The zero-order valence-corrected chi connectivity index (χ0v) is 15.9. The molecule has 0 spiro atoms. The van der Waals surface area contributed by atoms with Crippen molar-refractivity contribution in [3.63, 3.8) is 0 Å². The second-order valence-corrected chi connectivity index (χ2v) is 6.34. The lowest BCUT2D eigenvalue weighted by Crippen LogP contribution is -2.21. The van der Waals surface area contributed by atoms with Gasteiger partial charge in [0.1, 0.15) is 0 Å². The summed E-state index contributed by atoms with van der Waals surface area (Å²) in [6, 6.07) is 13.0. The van der Waals surface area contributed by atoms with Crippen molar-refractivity contribution in [3.05, 3.63) is 59.1 Å². The topological polar surface area (TPSA) is 102 Å². The fourth-order valence-corrected chi connectivity index (χ4v) is 2.40. The van der Waals surface area contributed by atoms with Crippen molar-refractivity contribution in [2.75, 3.05) is 17.2 Å². The Hall–Kier alpha value is -3.19. The molecule has 28 heavy (non-hydrogen) atoms. The minimum absolute atomic E-state index is 0.0694. The van der Waals surface area contributed by atoms with Gasteiger partial charge in [0.25, 0.3) is 5.91 Å². The summed E-state index contributed by atoms with van der Waals surface area (Å²) in [4.78, 5) is 46.5. The highest BCUT2D eigenvalue weighted by Crippen LogP contribution is 2.14. The summed E-state index contributed by atoms with van der Waals surface area (Å²) < 4.78 is 4.85. The van der Waals surface area contributed by atoms with Crippen molar-refractivity contribution < 1.29 is 23.9 Å². The van der Waals surface area contributed by atoms with Gasteiger partial charge >= 0.3 is 5.97 Å². The van der Waals surface area contributed by atoms with E-state index in [0.717, 1.165) is 0 Å². The molecule has 0 radical (unpaired) electrons. The van der Waals surface area contributed by atoms with Gasteiger partial charge < -0.3 is 15.4 Å². The van der Waals surface area contributed by atoms with Crippen molar-refractivity contribution >= 4 is 46.5 Å². The quantitative estimate of drug-likeness (QED) is 0.520. The Morgan fingerprint density at radius 2 is 1.57 bits per heavy atom. The van der Waals surface area contributed by atoms with Gasteiger partial charge in [0.2, 0.25) is 5.91 Å². The molecule has 2 aromatic carbocycles. The highest BCUT2D eigenvalue weighted by molar-refractivity contribution is 6.30. The Morgan fingerprint density at radius 3 is 2.21 bits per heavy atom. The second-order valence-electron chi connectivity index (χ2n) is 5.90.